The SMILES string of the molecule is NS(=O)(=O)c1cccc2c1-c1nc-2nc2[nH]c(nc3[nH]c(nc4nc(n1)-c1cccc(S(=O)(=O)O)c1-4)c1cccc(S(=O)(=O)O)c31)c1cccc(S(=O)(=O)NCCNCC(=O)O)c21. The van der Waals surface area contributed by atoms with E-state index in [2.05, 4.69) is 44.9 Å². The Labute approximate surface area is 354 Å². The van der Waals surface area contributed by atoms with Crippen LogP contribution in [0.2, 0.25) is 0 Å². The summed E-state index contributed by atoms with van der Waals surface area (Å²) in [6, 6.07) is 15.7. The van der Waals surface area contributed by atoms with E-state index in [9.17, 15) is 47.6 Å². The lowest BCUT2D eigenvalue weighted by Crippen LogP contribution is -2.34. The molecule has 322 valence electrons. The number of nitrogens with zero attached hydrogens (tertiary/aromatic N) is 6. The highest BCUT2D eigenvalue weighted by Gasteiger charge is 2.32. The number of carbonyl (C=O) groups is 1. The van der Waals surface area contributed by atoms with Gasteiger partial charge in [-0.1, -0.05) is 48.5 Å². The molecule has 0 saturated carbocycles. The zero-order valence-electron chi connectivity index (χ0n) is 31.5. The Hall–Kier alpha value is -6.69. The summed E-state index contributed by atoms with van der Waals surface area (Å²) in [5, 5.41) is 17.0. The van der Waals surface area contributed by atoms with Gasteiger partial charge in [0, 0.05) is 45.8 Å². The number of rotatable bonds is 10. The van der Waals surface area contributed by atoms with Crippen molar-refractivity contribution in [1.29, 1.82) is 0 Å². The molecule has 2 aliphatic rings. The van der Waals surface area contributed by atoms with Crippen LogP contribution in [0.25, 0.3) is 89.7 Å². The highest BCUT2D eigenvalue weighted by Crippen LogP contribution is 2.42. The maximum Gasteiger partial charge on any atom is 0.317 e. The number of carboxylic acid groups (broad SMARTS) is 1. The summed E-state index contributed by atoms with van der Waals surface area (Å²) in [6.45, 7) is -0.741. The number of primary sulfonamides is 1. The Morgan fingerprint density at radius 3 is 1.60 bits per heavy atom. The molecule has 0 saturated heterocycles. The molecule has 23 nitrogen and oxygen atoms in total. The van der Waals surface area contributed by atoms with E-state index in [1.165, 1.54) is 60.7 Å². The first-order chi connectivity index (χ1) is 29.7. The van der Waals surface area contributed by atoms with Crippen molar-refractivity contribution in [2.45, 2.75) is 19.6 Å². The van der Waals surface area contributed by atoms with Crippen LogP contribution in [0.4, 0.5) is 0 Å². The second-order valence-electron chi connectivity index (χ2n) is 13.8. The molecule has 9 N–H and O–H groups in total. The summed E-state index contributed by atoms with van der Waals surface area (Å²) in [5.41, 5.74) is -1.15. The molecule has 0 radical (unpaired) electrons. The molecule has 2 aliphatic heterocycles. The highest BCUT2D eigenvalue weighted by atomic mass is 32.2. The number of hydrogen-bond acceptors (Lipinski definition) is 16. The van der Waals surface area contributed by atoms with Gasteiger partial charge in [0.25, 0.3) is 20.2 Å². The van der Waals surface area contributed by atoms with E-state index < -0.39 is 67.5 Å². The van der Waals surface area contributed by atoms with Crippen LogP contribution in [0.5, 0.6) is 0 Å². The molecule has 9 rings (SSSR count). The normalized spacial score (nSPS) is 13.0. The summed E-state index contributed by atoms with van der Waals surface area (Å²) in [6.07, 6.45) is 0. The van der Waals surface area contributed by atoms with Gasteiger partial charge in [0.2, 0.25) is 20.0 Å². The molecule has 5 heterocycles. The third kappa shape index (κ3) is 7.34. The number of nitrogens with two attached hydrogens (primary N) is 1. The summed E-state index contributed by atoms with van der Waals surface area (Å²) >= 11 is 0. The molecule has 0 aliphatic carbocycles. The second-order valence-corrected chi connectivity index (χ2v) is 19.8. The van der Waals surface area contributed by atoms with Crippen molar-refractivity contribution in [2.24, 2.45) is 5.14 Å². The quantitative estimate of drug-likeness (QED) is 0.0717. The molecular formula is C36H27N11O12S4. The molecule has 0 spiro atoms. The highest BCUT2D eigenvalue weighted by molar-refractivity contribution is 7.90. The van der Waals surface area contributed by atoms with Gasteiger partial charge in [-0.25, -0.2) is 56.6 Å². The average molecular weight is 934 g/mol. The first kappa shape index (κ1) is 41.7. The van der Waals surface area contributed by atoms with Gasteiger partial charge in [-0.05, 0) is 24.3 Å². The van der Waals surface area contributed by atoms with Gasteiger partial charge in [-0.3, -0.25) is 13.9 Å². The summed E-state index contributed by atoms with van der Waals surface area (Å²) < 4.78 is 128. The number of nitrogens with one attached hydrogen (secondary N) is 4. The van der Waals surface area contributed by atoms with Gasteiger partial charge in [0.1, 0.15) is 32.4 Å². The monoisotopic (exact) mass is 933 g/mol. The minimum Gasteiger partial charge on any atom is -0.480 e. The number of hydrogen-bond donors (Lipinski definition) is 8. The Bertz CT molecular complexity index is 3820. The fourth-order valence-corrected chi connectivity index (χ4v) is 10.7. The van der Waals surface area contributed by atoms with Crippen LogP contribution in [-0.2, 0) is 45.1 Å². The van der Waals surface area contributed by atoms with Gasteiger partial charge >= 0.3 is 5.97 Å². The Balaban J connectivity index is 1.47. The lowest BCUT2D eigenvalue weighted by atomic mass is 10.1. The van der Waals surface area contributed by atoms with E-state index in [4.69, 9.17) is 15.2 Å². The summed E-state index contributed by atoms with van der Waals surface area (Å²) in [7, 11) is -18.9. The molecule has 27 heteroatoms. The van der Waals surface area contributed by atoms with Crippen molar-refractivity contribution in [2.75, 3.05) is 19.6 Å². The van der Waals surface area contributed by atoms with Crippen LogP contribution < -0.4 is 15.2 Å². The van der Waals surface area contributed by atoms with Crippen LogP contribution in [-0.4, -0.2) is 113 Å². The van der Waals surface area contributed by atoms with Crippen molar-refractivity contribution < 1.29 is 52.7 Å². The third-order valence-corrected chi connectivity index (χ3v) is 14.1. The molecular weight excluding hydrogens is 907 g/mol. The van der Waals surface area contributed by atoms with Crippen LogP contribution >= 0.6 is 0 Å². The van der Waals surface area contributed by atoms with Crippen molar-refractivity contribution in [3.05, 3.63) is 72.8 Å². The molecule has 8 bridgehead atoms. The van der Waals surface area contributed by atoms with Crippen molar-refractivity contribution in [3.63, 3.8) is 0 Å². The maximum absolute atomic E-state index is 14.0. The third-order valence-electron chi connectivity index (χ3n) is 9.81. The number of fused-ring (bicyclic) bond motifs is 20. The van der Waals surface area contributed by atoms with Gasteiger partial charge in [0.15, 0.2) is 23.3 Å². The number of carboxylic acids is 1. The first-order valence-corrected chi connectivity index (χ1v) is 23.9. The topological polar surface area (TPSA) is 373 Å². The molecule has 0 amide bonds. The maximum atomic E-state index is 14.0. The Morgan fingerprint density at radius 1 is 0.556 bits per heavy atom. The number of sulfonamides is 2. The fraction of sp³-hybridized carbons (Fsp3) is 0.0833. The van der Waals surface area contributed by atoms with Crippen LogP contribution in [0.3, 0.4) is 0 Å². The summed E-state index contributed by atoms with van der Waals surface area (Å²) in [5.74, 6) is -2.38. The minimum absolute atomic E-state index is 0.0163. The van der Waals surface area contributed by atoms with E-state index in [1.54, 1.807) is 0 Å². The van der Waals surface area contributed by atoms with Gasteiger partial charge in [-0.2, -0.15) is 16.8 Å². The lowest BCUT2D eigenvalue weighted by molar-refractivity contribution is -0.135. The van der Waals surface area contributed by atoms with Gasteiger partial charge < -0.3 is 20.4 Å². The molecule has 4 aromatic carbocycles. The van der Waals surface area contributed by atoms with Crippen molar-refractivity contribution in [1.82, 2.24) is 49.9 Å². The van der Waals surface area contributed by atoms with E-state index >= 15 is 0 Å². The zero-order chi connectivity index (χ0) is 44.8. The molecule has 0 fully saturated rings. The molecule has 63 heavy (non-hydrogen) atoms. The smallest absolute Gasteiger partial charge is 0.317 e. The fourth-order valence-electron chi connectivity index (χ4n) is 7.30. The largest absolute Gasteiger partial charge is 0.480 e. The van der Waals surface area contributed by atoms with E-state index in [0.29, 0.717) is 0 Å². The zero-order valence-corrected chi connectivity index (χ0v) is 34.7. The first-order valence-electron chi connectivity index (χ1n) is 18.0. The minimum atomic E-state index is -4.98. The number of aromatic nitrogens is 8. The van der Waals surface area contributed by atoms with E-state index in [1.807, 2.05) is 0 Å². The standard InChI is InChI=1S/C36H27N11O12S4/c37-60(50,51)20-9-1-5-16-25(20)33-40-29(16)42-34-26-17(6-2-10-21(26)61(52,53)39-14-13-38-15-24(48)49)30(43-34)44-35-28-19(8-4-12-23(28)63(57,58)59)32(46-35)47-36-27-18(31(41-33)45-36)7-3-11-22(27)62(54,55)56/h1-12,38-39H,13-15H2,(H,48,49)(H2,37,50,51)(H,54,55,56)(H,57,58,59)(H2,40,41,42,43,44,45,46,47). The van der Waals surface area contributed by atoms with Gasteiger partial charge in [0.05, 0.1) is 27.5 Å². The lowest BCUT2D eigenvalue weighted by Gasteiger charge is -2.08. The number of H-pyrrole nitrogens is 2. The van der Waals surface area contributed by atoms with Crippen molar-refractivity contribution in [3.8, 4) is 45.6 Å². The molecule has 0 unspecified atom stereocenters. The van der Waals surface area contributed by atoms with Crippen LogP contribution in [0, 0.1) is 0 Å². The van der Waals surface area contributed by atoms with Crippen LogP contribution in [0.1, 0.15) is 0 Å². The summed E-state index contributed by atoms with van der Waals surface area (Å²) in [4.78, 5) is 42.3. The predicted octanol–water partition coefficient (Wildman–Crippen LogP) is 1.96. The van der Waals surface area contributed by atoms with Crippen molar-refractivity contribution >= 4 is 90.4 Å². The molecule has 7 aromatic rings. The van der Waals surface area contributed by atoms with Gasteiger partial charge in [-0.15, -0.1) is 0 Å². The Kier molecular flexibility index (Phi) is 9.73. The predicted molar refractivity (Wildman–Crippen MR) is 223 cm³/mol. The molecule has 3 aromatic heterocycles. The number of benzene rings is 4. The van der Waals surface area contributed by atoms with E-state index in [0.717, 1.165) is 12.1 Å². The average Bonchev–Trinajstić information content (AvgIpc) is 3.95. The van der Waals surface area contributed by atoms with Crippen LogP contribution in [0.15, 0.2) is 92.4 Å². The Morgan fingerprint density at radius 2 is 1.02 bits per heavy atom. The second kappa shape index (κ2) is 14.7. The molecule has 0 atom stereocenters. The number of aliphatic carboxylic acids is 1. The number of aromatic amines is 2. The van der Waals surface area contributed by atoms with E-state index in [-0.39, 0.29) is 108 Å².